The van der Waals surface area contributed by atoms with Crippen LogP contribution in [0.3, 0.4) is 0 Å². The second-order valence-corrected chi connectivity index (χ2v) is 5.24. The van der Waals surface area contributed by atoms with E-state index in [1.165, 1.54) is 0 Å². The normalized spacial score (nSPS) is 17.9. The highest BCUT2D eigenvalue weighted by Crippen LogP contribution is 2.28. The Labute approximate surface area is 114 Å². The summed E-state index contributed by atoms with van der Waals surface area (Å²) >= 11 is 0. The van der Waals surface area contributed by atoms with E-state index >= 15 is 0 Å². The minimum absolute atomic E-state index is 0.0480. The van der Waals surface area contributed by atoms with Crippen LogP contribution in [0.15, 0.2) is 24.3 Å². The average molecular weight is 262 g/mol. The molecule has 2 rings (SSSR count). The fraction of sp³-hybridized carbons (Fsp3) is 0.533. The fourth-order valence-corrected chi connectivity index (χ4v) is 2.06. The number of ether oxygens (including phenoxy) is 1. The Kier molecular flexibility index (Phi) is 3.98. The number of hydrogen-bond donors (Lipinski definition) is 2. The maximum Gasteiger partial charge on any atom is 0.263 e. The molecule has 1 unspecified atom stereocenters. The van der Waals surface area contributed by atoms with E-state index in [-0.39, 0.29) is 11.4 Å². The Hall–Kier alpha value is -1.71. The van der Waals surface area contributed by atoms with Crippen LogP contribution < -0.4 is 15.4 Å². The molecule has 0 saturated heterocycles. The maximum absolute atomic E-state index is 12.3. The molecule has 0 saturated carbocycles. The molecule has 1 amide bonds. The van der Waals surface area contributed by atoms with Crippen LogP contribution in [0.5, 0.6) is 5.75 Å². The van der Waals surface area contributed by atoms with Gasteiger partial charge >= 0.3 is 0 Å². The summed E-state index contributed by atoms with van der Waals surface area (Å²) in [5.74, 6) is 0.691. The van der Waals surface area contributed by atoms with Gasteiger partial charge in [-0.05, 0) is 31.9 Å². The molecule has 0 aromatic heterocycles. The molecule has 104 valence electrons. The number of carbonyl (C=O) groups excluding carboxylic acids is 1. The van der Waals surface area contributed by atoms with Gasteiger partial charge in [0.25, 0.3) is 5.91 Å². The van der Waals surface area contributed by atoms with Crippen molar-refractivity contribution >= 4 is 11.6 Å². The third-order valence-electron chi connectivity index (χ3n) is 3.91. The number of anilines is 1. The molecular weight excluding hydrogens is 240 g/mol. The van der Waals surface area contributed by atoms with E-state index in [2.05, 4.69) is 31.4 Å². The summed E-state index contributed by atoms with van der Waals surface area (Å²) in [6, 6.07) is 7.68. The number of amides is 1. The summed E-state index contributed by atoms with van der Waals surface area (Å²) in [6.45, 7) is 6.74. The average Bonchev–Trinajstić information content (AvgIpc) is 2.46. The highest BCUT2D eigenvalue weighted by atomic mass is 16.5. The molecule has 0 bridgehead atoms. The van der Waals surface area contributed by atoms with E-state index in [9.17, 15) is 4.79 Å². The Bertz CT molecular complexity index is 455. The fourth-order valence-electron chi connectivity index (χ4n) is 2.06. The molecule has 1 aliphatic rings. The maximum atomic E-state index is 12.3. The Morgan fingerprint density at radius 2 is 2.11 bits per heavy atom. The van der Waals surface area contributed by atoms with Crippen molar-refractivity contribution in [3.8, 4) is 5.75 Å². The summed E-state index contributed by atoms with van der Waals surface area (Å²) in [4.78, 5) is 12.3. The number of fused-ring (bicyclic) bond motifs is 1. The van der Waals surface area contributed by atoms with E-state index in [4.69, 9.17) is 4.74 Å². The Morgan fingerprint density at radius 3 is 2.79 bits per heavy atom. The zero-order valence-corrected chi connectivity index (χ0v) is 11.8. The van der Waals surface area contributed by atoms with Crippen molar-refractivity contribution < 1.29 is 9.53 Å². The molecular formula is C15H22N2O2. The first-order chi connectivity index (χ1) is 9.08. The van der Waals surface area contributed by atoms with Gasteiger partial charge < -0.3 is 15.4 Å². The van der Waals surface area contributed by atoms with Crippen LogP contribution in [-0.4, -0.2) is 24.1 Å². The number of rotatable bonds is 4. The minimum atomic E-state index is -0.465. The van der Waals surface area contributed by atoms with E-state index in [1.54, 1.807) is 0 Å². The van der Waals surface area contributed by atoms with E-state index in [1.807, 2.05) is 24.3 Å². The molecule has 1 aliphatic heterocycles. The molecule has 2 N–H and O–H groups in total. The van der Waals surface area contributed by atoms with Crippen LogP contribution in [0.2, 0.25) is 0 Å². The van der Waals surface area contributed by atoms with Crippen molar-refractivity contribution in [1.29, 1.82) is 0 Å². The van der Waals surface area contributed by atoms with Gasteiger partial charge in [-0.2, -0.15) is 0 Å². The molecule has 19 heavy (non-hydrogen) atoms. The minimum Gasteiger partial charge on any atom is -0.477 e. The van der Waals surface area contributed by atoms with Gasteiger partial charge in [-0.25, -0.2) is 0 Å². The molecule has 0 aliphatic carbocycles. The van der Waals surface area contributed by atoms with Crippen molar-refractivity contribution in [2.75, 3.05) is 11.9 Å². The molecule has 1 atom stereocenters. The monoisotopic (exact) mass is 262 g/mol. The van der Waals surface area contributed by atoms with Gasteiger partial charge in [-0.15, -0.1) is 0 Å². The third kappa shape index (κ3) is 3.00. The predicted octanol–water partition coefficient (Wildman–Crippen LogP) is 2.55. The van der Waals surface area contributed by atoms with Crippen LogP contribution in [-0.2, 0) is 4.79 Å². The van der Waals surface area contributed by atoms with Crippen molar-refractivity contribution in [2.45, 2.75) is 45.3 Å². The van der Waals surface area contributed by atoms with Crippen LogP contribution in [0.4, 0.5) is 5.69 Å². The molecule has 0 radical (unpaired) electrons. The smallest absolute Gasteiger partial charge is 0.263 e. The first kappa shape index (κ1) is 13.7. The van der Waals surface area contributed by atoms with Crippen LogP contribution in [0.25, 0.3) is 0 Å². The number of hydrogen-bond acceptors (Lipinski definition) is 3. The number of nitrogens with one attached hydrogen (secondary N) is 2. The van der Waals surface area contributed by atoms with Crippen LogP contribution in [0, 0.1) is 0 Å². The summed E-state index contributed by atoms with van der Waals surface area (Å²) < 4.78 is 5.75. The number of benzene rings is 1. The van der Waals surface area contributed by atoms with Gasteiger partial charge in [0.1, 0.15) is 5.75 Å². The van der Waals surface area contributed by atoms with Crippen molar-refractivity contribution in [3.63, 3.8) is 0 Å². The quantitative estimate of drug-likeness (QED) is 0.876. The topological polar surface area (TPSA) is 50.4 Å². The third-order valence-corrected chi connectivity index (χ3v) is 3.91. The molecule has 0 fully saturated rings. The number of para-hydroxylation sites is 2. The predicted molar refractivity (Wildman–Crippen MR) is 76.5 cm³/mol. The molecule has 1 aromatic carbocycles. The SMILES string of the molecule is CCC(C)(CC)NC(=O)C1CNc2ccccc2O1. The van der Waals surface area contributed by atoms with Gasteiger partial charge in [0, 0.05) is 5.54 Å². The molecule has 0 spiro atoms. The molecule has 1 heterocycles. The Morgan fingerprint density at radius 1 is 1.42 bits per heavy atom. The lowest BCUT2D eigenvalue weighted by Crippen LogP contribution is -2.53. The molecule has 1 aromatic rings. The van der Waals surface area contributed by atoms with Gasteiger partial charge in [-0.3, -0.25) is 4.79 Å². The van der Waals surface area contributed by atoms with Crippen molar-refractivity contribution in [3.05, 3.63) is 24.3 Å². The van der Waals surface area contributed by atoms with Gasteiger partial charge in [0.05, 0.1) is 12.2 Å². The molecule has 4 nitrogen and oxygen atoms in total. The molecule has 4 heteroatoms. The van der Waals surface area contributed by atoms with Gasteiger partial charge in [0.2, 0.25) is 0 Å². The second kappa shape index (κ2) is 5.51. The highest BCUT2D eigenvalue weighted by molar-refractivity contribution is 5.83. The van der Waals surface area contributed by atoms with Gasteiger partial charge in [0.15, 0.2) is 6.10 Å². The first-order valence-corrected chi connectivity index (χ1v) is 6.89. The van der Waals surface area contributed by atoms with Crippen molar-refractivity contribution in [2.24, 2.45) is 0 Å². The lowest BCUT2D eigenvalue weighted by Gasteiger charge is -2.32. The lowest BCUT2D eigenvalue weighted by molar-refractivity contribution is -0.129. The van der Waals surface area contributed by atoms with E-state index in [0.717, 1.165) is 24.3 Å². The zero-order chi connectivity index (χ0) is 13.9. The van der Waals surface area contributed by atoms with E-state index < -0.39 is 6.10 Å². The van der Waals surface area contributed by atoms with Crippen molar-refractivity contribution in [1.82, 2.24) is 5.32 Å². The highest BCUT2D eigenvalue weighted by Gasteiger charge is 2.30. The lowest BCUT2D eigenvalue weighted by atomic mass is 9.95. The standard InChI is InChI=1S/C15H22N2O2/c1-4-15(3,5-2)17-14(18)13-10-16-11-8-6-7-9-12(11)19-13/h6-9,13,16H,4-5,10H2,1-3H3,(H,17,18). The largest absolute Gasteiger partial charge is 0.477 e. The van der Waals surface area contributed by atoms with Gasteiger partial charge in [-0.1, -0.05) is 26.0 Å². The number of carbonyl (C=O) groups is 1. The second-order valence-electron chi connectivity index (χ2n) is 5.24. The summed E-state index contributed by atoms with van der Waals surface area (Å²) in [5.41, 5.74) is 0.789. The van der Waals surface area contributed by atoms with E-state index in [0.29, 0.717) is 6.54 Å². The first-order valence-electron chi connectivity index (χ1n) is 6.89. The summed E-state index contributed by atoms with van der Waals surface area (Å²) in [7, 11) is 0. The summed E-state index contributed by atoms with van der Waals surface area (Å²) in [5, 5.41) is 6.32. The van der Waals surface area contributed by atoms with Crippen LogP contribution in [0.1, 0.15) is 33.6 Å². The van der Waals surface area contributed by atoms with Crippen LogP contribution >= 0.6 is 0 Å². The Balaban J connectivity index is 2.03. The summed E-state index contributed by atoms with van der Waals surface area (Å²) in [6.07, 6.45) is 1.35. The zero-order valence-electron chi connectivity index (χ0n) is 11.8.